The van der Waals surface area contributed by atoms with Crippen molar-refractivity contribution in [3.63, 3.8) is 0 Å². The van der Waals surface area contributed by atoms with E-state index in [1.165, 1.54) is 12.1 Å². The molecule has 0 bridgehead atoms. The van der Waals surface area contributed by atoms with Crippen molar-refractivity contribution in [1.82, 2.24) is 0 Å². The minimum atomic E-state index is -0.233. The van der Waals surface area contributed by atoms with Crippen LogP contribution in [0.1, 0.15) is 0 Å². The van der Waals surface area contributed by atoms with Crippen molar-refractivity contribution in [3.8, 4) is 0 Å². The lowest BCUT2D eigenvalue weighted by molar-refractivity contribution is 0.626. The van der Waals surface area contributed by atoms with Crippen molar-refractivity contribution < 1.29 is 4.39 Å². The summed E-state index contributed by atoms with van der Waals surface area (Å²) in [5.74, 6) is -0.233. The molecule has 4 aromatic carbocycles. The Morgan fingerprint density at radius 1 is 0.594 bits per heavy atom. The maximum atomic E-state index is 13.3. The molecule has 0 aliphatic carbocycles. The summed E-state index contributed by atoms with van der Waals surface area (Å²) in [4.78, 5) is 9.25. The summed E-state index contributed by atoms with van der Waals surface area (Å²) in [5, 5.41) is 3.01. The fourth-order valence-electron chi connectivity index (χ4n) is 2.72. The van der Waals surface area contributed by atoms with Crippen molar-refractivity contribution in [1.29, 1.82) is 0 Å². The van der Waals surface area contributed by atoms with Gasteiger partial charge < -0.3 is 0 Å². The molecular weight excluding hydrogens is 454 g/mol. The lowest BCUT2D eigenvalue weighted by Crippen LogP contribution is -1.95. The number of benzene rings is 4. The standard InChI is InChI=1S/C27H20FNS3/c28-21-16-18-23(19-17-21)30-20-26(31-24-12-6-2-7-13-24)27(29-22-10-4-1-5-11-22)32-25-14-8-3-9-15-25/h1-20H/b26-20-,29-27-. The van der Waals surface area contributed by atoms with E-state index in [0.29, 0.717) is 0 Å². The Morgan fingerprint density at radius 3 is 1.72 bits per heavy atom. The van der Waals surface area contributed by atoms with Gasteiger partial charge in [0.2, 0.25) is 0 Å². The third-order valence-electron chi connectivity index (χ3n) is 4.24. The van der Waals surface area contributed by atoms with E-state index < -0.39 is 0 Å². The highest BCUT2D eigenvalue weighted by atomic mass is 32.2. The molecule has 0 atom stereocenters. The van der Waals surface area contributed by atoms with Crippen LogP contribution >= 0.6 is 35.3 Å². The molecule has 4 rings (SSSR count). The number of aliphatic imine (C=N–C) groups is 1. The predicted octanol–water partition coefficient (Wildman–Crippen LogP) is 9.07. The molecule has 158 valence electrons. The van der Waals surface area contributed by atoms with E-state index >= 15 is 0 Å². The number of rotatable bonds is 7. The summed E-state index contributed by atoms with van der Waals surface area (Å²) in [6.45, 7) is 0. The van der Waals surface area contributed by atoms with Crippen molar-refractivity contribution >= 4 is 46.0 Å². The molecule has 1 nitrogen and oxygen atoms in total. The van der Waals surface area contributed by atoms with Gasteiger partial charge in [-0.15, -0.1) is 0 Å². The smallest absolute Gasteiger partial charge is 0.123 e. The molecule has 0 unspecified atom stereocenters. The minimum Gasteiger partial charge on any atom is -0.241 e. The summed E-state index contributed by atoms with van der Waals surface area (Å²) in [6.07, 6.45) is 0. The number of thioether (sulfide) groups is 3. The van der Waals surface area contributed by atoms with Crippen LogP contribution in [0.15, 0.2) is 145 Å². The highest BCUT2D eigenvalue weighted by Gasteiger charge is 2.13. The lowest BCUT2D eigenvalue weighted by atomic mass is 10.3. The Morgan fingerprint density at radius 2 is 1.12 bits per heavy atom. The fraction of sp³-hybridized carbons (Fsp3) is 0. The van der Waals surface area contributed by atoms with E-state index in [1.807, 2.05) is 66.7 Å². The molecule has 0 spiro atoms. The largest absolute Gasteiger partial charge is 0.241 e. The van der Waals surface area contributed by atoms with Crippen molar-refractivity contribution in [2.45, 2.75) is 14.7 Å². The Labute approximate surface area is 200 Å². The molecule has 0 amide bonds. The summed E-state index contributed by atoms with van der Waals surface area (Å²) < 4.78 is 13.3. The minimum absolute atomic E-state index is 0.233. The second-order valence-electron chi connectivity index (χ2n) is 6.64. The van der Waals surface area contributed by atoms with Gasteiger partial charge in [0.25, 0.3) is 0 Å². The van der Waals surface area contributed by atoms with Gasteiger partial charge >= 0.3 is 0 Å². The molecule has 0 aliphatic rings. The van der Waals surface area contributed by atoms with E-state index in [-0.39, 0.29) is 5.82 Å². The first kappa shape index (κ1) is 22.5. The number of hydrogen-bond acceptors (Lipinski definition) is 4. The van der Waals surface area contributed by atoms with Gasteiger partial charge in [0.1, 0.15) is 10.9 Å². The Hall–Kier alpha value is -2.73. The molecule has 0 aromatic heterocycles. The number of nitrogens with zero attached hydrogens (tertiary/aromatic N) is 1. The third-order valence-corrected chi connectivity index (χ3v) is 7.47. The van der Waals surface area contributed by atoms with Crippen LogP contribution < -0.4 is 0 Å². The fourth-order valence-corrected chi connectivity index (χ4v) is 5.53. The molecule has 0 radical (unpaired) electrons. The predicted molar refractivity (Wildman–Crippen MR) is 138 cm³/mol. The first-order chi connectivity index (χ1) is 15.8. The van der Waals surface area contributed by atoms with E-state index in [1.54, 1.807) is 47.4 Å². The summed E-state index contributed by atoms with van der Waals surface area (Å²) in [7, 11) is 0. The molecule has 0 heterocycles. The van der Waals surface area contributed by atoms with Crippen LogP contribution in [0.25, 0.3) is 0 Å². The molecule has 0 aliphatic heterocycles. The topological polar surface area (TPSA) is 12.4 Å². The van der Waals surface area contributed by atoms with Crippen LogP contribution in [-0.2, 0) is 0 Å². The van der Waals surface area contributed by atoms with Crippen LogP contribution in [0.5, 0.6) is 0 Å². The van der Waals surface area contributed by atoms with Gasteiger partial charge in [-0.05, 0) is 66.1 Å². The van der Waals surface area contributed by atoms with E-state index in [4.69, 9.17) is 4.99 Å². The first-order valence-corrected chi connectivity index (χ1v) is 12.5. The van der Waals surface area contributed by atoms with Crippen LogP contribution in [0, 0.1) is 5.82 Å². The van der Waals surface area contributed by atoms with Gasteiger partial charge in [-0.3, -0.25) is 0 Å². The van der Waals surface area contributed by atoms with Crippen LogP contribution in [-0.4, -0.2) is 5.04 Å². The Kier molecular flexibility index (Phi) is 8.26. The molecule has 0 N–H and O–H groups in total. The third kappa shape index (κ3) is 6.89. The van der Waals surface area contributed by atoms with Gasteiger partial charge in [-0.1, -0.05) is 89.9 Å². The van der Waals surface area contributed by atoms with Crippen molar-refractivity contribution in [3.05, 3.63) is 131 Å². The zero-order chi connectivity index (χ0) is 22.0. The normalized spacial score (nSPS) is 12.0. The maximum absolute atomic E-state index is 13.3. The molecule has 32 heavy (non-hydrogen) atoms. The molecule has 4 aromatic rings. The van der Waals surface area contributed by atoms with Crippen LogP contribution in [0.2, 0.25) is 0 Å². The quantitative estimate of drug-likeness (QED) is 0.151. The monoisotopic (exact) mass is 473 g/mol. The summed E-state index contributed by atoms with van der Waals surface area (Å²) in [6, 6.07) is 37.0. The lowest BCUT2D eigenvalue weighted by Gasteiger charge is -2.12. The maximum Gasteiger partial charge on any atom is 0.123 e. The summed E-state index contributed by atoms with van der Waals surface area (Å²) in [5.41, 5.74) is 0.900. The number of hydrogen-bond donors (Lipinski definition) is 0. The zero-order valence-electron chi connectivity index (χ0n) is 17.1. The second-order valence-corrected chi connectivity index (χ2v) is 9.76. The van der Waals surface area contributed by atoms with Crippen molar-refractivity contribution in [2.24, 2.45) is 4.99 Å². The van der Waals surface area contributed by atoms with Crippen LogP contribution in [0.3, 0.4) is 0 Å². The SMILES string of the molecule is Fc1ccc(S/C=C(Sc2ccccc2)/C(=N/c2ccccc2)Sc2ccccc2)cc1. The van der Waals surface area contributed by atoms with Crippen LogP contribution in [0.4, 0.5) is 10.1 Å². The molecule has 0 fully saturated rings. The summed E-state index contributed by atoms with van der Waals surface area (Å²) >= 11 is 4.87. The average Bonchev–Trinajstić information content (AvgIpc) is 2.84. The Bertz CT molecular complexity index is 1180. The van der Waals surface area contributed by atoms with E-state index in [9.17, 15) is 4.39 Å². The molecule has 5 heteroatoms. The number of para-hydroxylation sites is 1. The molecule has 0 saturated heterocycles. The molecular formula is C27H20FNS3. The van der Waals surface area contributed by atoms with E-state index in [0.717, 1.165) is 30.3 Å². The molecule has 0 saturated carbocycles. The highest BCUT2D eigenvalue weighted by molar-refractivity contribution is 8.18. The van der Waals surface area contributed by atoms with Gasteiger partial charge in [-0.25, -0.2) is 9.38 Å². The second kappa shape index (κ2) is 11.8. The van der Waals surface area contributed by atoms with Gasteiger partial charge in [0.15, 0.2) is 0 Å². The first-order valence-electron chi connectivity index (χ1n) is 9.98. The van der Waals surface area contributed by atoms with Gasteiger partial charge in [0, 0.05) is 14.7 Å². The number of halogens is 1. The van der Waals surface area contributed by atoms with Gasteiger partial charge in [0.05, 0.1) is 10.6 Å². The highest BCUT2D eigenvalue weighted by Crippen LogP contribution is 2.37. The average molecular weight is 474 g/mol. The zero-order valence-corrected chi connectivity index (χ0v) is 19.5. The van der Waals surface area contributed by atoms with Gasteiger partial charge in [-0.2, -0.15) is 0 Å². The van der Waals surface area contributed by atoms with E-state index in [2.05, 4.69) is 29.7 Å². The van der Waals surface area contributed by atoms with Crippen molar-refractivity contribution in [2.75, 3.05) is 0 Å². The Balaban J connectivity index is 1.72.